The van der Waals surface area contributed by atoms with Crippen LogP contribution in [0.2, 0.25) is 0 Å². The van der Waals surface area contributed by atoms with Crippen molar-refractivity contribution in [3.8, 4) is 5.69 Å². The van der Waals surface area contributed by atoms with Crippen LogP contribution in [0.1, 0.15) is 11.4 Å². The van der Waals surface area contributed by atoms with Gasteiger partial charge >= 0.3 is 0 Å². The topological polar surface area (TPSA) is 39.9 Å². The molecule has 0 unspecified atom stereocenters. The molecule has 1 aromatic heterocycles. The molecule has 0 saturated carbocycles. The lowest BCUT2D eigenvalue weighted by molar-refractivity contribution is 0.185. The van der Waals surface area contributed by atoms with Crippen molar-refractivity contribution in [1.29, 1.82) is 0 Å². The van der Waals surface area contributed by atoms with E-state index in [0.29, 0.717) is 12.5 Å². The zero-order chi connectivity index (χ0) is 11.4. The van der Waals surface area contributed by atoms with Crippen molar-refractivity contribution in [2.24, 2.45) is 0 Å². The predicted octanol–water partition coefficient (Wildman–Crippen LogP) is 2.15. The second kappa shape index (κ2) is 5.09. The Morgan fingerprint density at radius 3 is 3.06 bits per heavy atom. The van der Waals surface area contributed by atoms with Crippen molar-refractivity contribution in [2.75, 3.05) is 7.11 Å². The van der Waals surface area contributed by atoms with Gasteiger partial charge in [-0.2, -0.15) is 0 Å². The van der Waals surface area contributed by atoms with Crippen LogP contribution in [0, 0.1) is 0 Å². The fourth-order valence-electron chi connectivity index (χ4n) is 1.53. The summed E-state index contributed by atoms with van der Waals surface area (Å²) in [6.45, 7) is 0.589. The molecule has 4 nitrogen and oxygen atoms in total. The summed E-state index contributed by atoms with van der Waals surface area (Å²) < 4.78 is 6.96. The van der Waals surface area contributed by atoms with Crippen LogP contribution in [0.5, 0.6) is 0 Å². The summed E-state index contributed by atoms with van der Waals surface area (Å²) in [6.07, 6.45) is 1.66. The molecule has 0 aliphatic rings. The van der Waals surface area contributed by atoms with Gasteiger partial charge in [0.05, 0.1) is 12.5 Å². The van der Waals surface area contributed by atoms with Crippen molar-refractivity contribution >= 4 is 11.6 Å². The molecular formula is C11H12ClN3O. The quantitative estimate of drug-likeness (QED) is 0.765. The maximum Gasteiger partial charge on any atom is 0.152 e. The average molecular weight is 238 g/mol. The van der Waals surface area contributed by atoms with E-state index in [1.165, 1.54) is 0 Å². The number of alkyl halides is 1. The highest BCUT2D eigenvalue weighted by Crippen LogP contribution is 2.13. The smallest absolute Gasteiger partial charge is 0.152 e. The third-order valence-corrected chi connectivity index (χ3v) is 2.48. The largest absolute Gasteiger partial charge is 0.380 e. The molecule has 0 saturated heterocycles. The van der Waals surface area contributed by atoms with Gasteiger partial charge in [-0.05, 0) is 17.7 Å². The van der Waals surface area contributed by atoms with E-state index in [1.807, 2.05) is 28.8 Å². The van der Waals surface area contributed by atoms with Gasteiger partial charge in [0.15, 0.2) is 5.82 Å². The lowest BCUT2D eigenvalue weighted by Gasteiger charge is -2.06. The molecule has 16 heavy (non-hydrogen) atoms. The number of hydrogen-bond donors (Lipinski definition) is 0. The Bertz CT molecular complexity index is 470. The van der Waals surface area contributed by atoms with E-state index >= 15 is 0 Å². The lowest BCUT2D eigenvalue weighted by Crippen LogP contribution is -1.99. The molecule has 84 valence electrons. The highest BCUT2D eigenvalue weighted by Gasteiger charge is 2.05. The average Bonchev–Trinajstić information content (AvgIpc) is 2.78. The van der Waals surface area contributed by atoms with E-state index in [0.717, 1.165) is 17.1 Å². The number of rotatable bonds is 4. The van der Waals surface area contributed by atoms with Crippen LogP contribution in [0.3, 0.4) is 0 Å². The molecule has 0 spiro atoms. The summed E-state index contributed by atoms with van der Waals surface area (Å²) in [5.74, 6) is 1.07. The molecule has 0 fully saturated rings. The van der Waals surface area contributed by atoms with E-state index < -0.39 is 0 Å². The molecule has 0 atom stereocenters. The van der Waals surface area contributed by atoms with Crippen LogP contribution >= 0.6 is 11.6 Å². The molecule has 1 aromatic carbocycles. The molecule has 1 heterocycles. The fraction of sp³-hybridized carbons (Fsp3) is 0.273. The second-order valence-corrected chi connectivity index (χ2v) is 3.62. The van der Waals surface area contributed by atoms with Crippen molar-refractivity contribution in [3.63, 3.8) is 0 Å². The van der Waals surface area contributed by atoms with Gasteiger partial charge in [0, 0.05) is 12.8 Å². The Morgan fingerprint density at radius 2 is 2.31 bits per heavy atom. The van der Waals surface area contributed by atoms with Gasteiger partial charge in [-0.15, -0.1) is 21.8 Å². The van der Waals surface area contributed by atoms with Crippen LogP contribution in [-0.2, 0) is 17.2 Å². The molecule has 0 aliphatic carbocycles. The number of aromatic nitrogens is 3. The van der Waals surface area contributed by atoms with E-state index in [-0.39, 0.29) is 0 Å². The van der Waals surface area contributed by atoms with Crippen LogP contribution in [0.25, 0.3) is 5.69 Å². The molecule has 0 aliphatic heterocycles. The van der Waals surface area contributed by atoms with Gasteiger partial charge in [-0.1, -0.05) is 12.1 Å². The maximum absolute atomic E-state index is 5.78. The van der Waals surface area contributed by atoms with Gasteiger partial charge in [0.2, 0.25) is 0 Å². The zero-order valence-corrected chi connectivity index (χ0v) is 9.68. The van der Waals surface area contributed by atoms with Gasteiger partial charge in [0.25, 0.3) is 0 Å². The summed E-state index contributed by atoms with van der Waals surface area (Å²) in [4.78, 5) is 0. The molecule has 2 rings (SSSR count). The van der Waals surface area contributed by atoms with Crippen molar-refractivity contribution in [2.45, 2.75) is 12.5 Å². The summed E-state index contributed by atoms with van der Waals surface area (Å²) in [5.41, 5.74) is 2.10. The van der Waals surface area contributed by atoms with Gasteiger partial charge in [0.1, 0.15) is 6.33 Å². The van der Waals surface area contributed by atoms with Crippen LogP contribution in [-0.4, -0.2) is 21.9 Å². The van der Waals surface area contributed by atoms with Crippen molar-refractivity contribution in [1.82, 2.24) is 14.8 Å². The number of nitrogens with zero attached hydrogens (tertiary/aromatic N) is 3. The van der Waals surface area contributed by atoms with Gasteiger partial charge < -0.3 is 4.74 Å². The Labute approximate surface area is 98.8 Å². The third kappa shape index (κ3) is 2.23. The van der Waals surface area contributed by atoms with Crippen molar-refractivity contribution in [3.05, 3.63) is 42.0 Å². The number of methoxy groups -OCH3 is 1. The summed E-state index contributed by atoms with van der Waals surface area (Å²) >= 11 is 5.78. The molecule has 5 heteroatoms. The first-order valence-corrected chi connectivity index (χ1v) is 5.41. The fourth-order valence-corrected chi connectivity index (χ4v) is 1.71. The first-order chi connectivity index (χ1) is 7.85. The monoisotopic (exact) mass is 237 g/mol. The normalized spacial score (nSPS) is 10.6. The van der Waals surface area contributed by atoms with E-state index in [2.05, 4.69) is 10.2 Å². The minimum Gasteiger partial charge on any atom is -0.380 e. The summed E-state index contributed by atoms with van der Waals surface area (Å²) in [6, 6.07) is 8.00. The minimum absolute atomic E-state index is 0.342. The number of ether oxygens (including phenoxy) is 1. The maximum atomic E-state index is 5.78. The Balaban J connectivity index is 2.36. The minimum atomic E-state index is 0.342. The van der Waals surface area contributed by atoms with Crippen LogP contribution < -0.4 is 0 Å². The van der Waals surface area contributed by atoms with Gasteiger partial charge in [-0.3, -0.25) is 4.57 Å². The van der Waals surface area contributed by atoms with Crippen LogP contribution in [0.4, 0.5) is 0 Å². The Kier molecular flexibility index (Phi) is 3.54. The van der Waals surface area contributed by atoms with Crippen LogP contribution in [0.15, 0.2) is 30.6 Å². The van der Waals surface area contributed by atoms with E-state index in [1.54, 1.807) is 13.4 Å². The number of benzene rings is 1. The zero-order valence-electron chi connectivity index (χ0n) is 8.93. The molecule has 0 N–H and O–H groups in total. The summed E-state index contributed by atoms with van der Waals surface area (Å²) in [7, 11) is 1.68. The van der Waals surface area contributed by atoms with Crippen molar-refractivity contribution < 1.29 is 4.74 Å². The Morgan fingerprint density at radius 1 is 1.44 bits per heavy atom. The molecule has 0 bridgehead atoms. The van der Waals surface area contributed by atoms with E-state index in [4.69, 9.17) is 16.3 Å². The number of halogens is 1. The lowest BCUT2D eigenvalue weighted by atomic mass is 10.2. The second-order valence-electron chi connectivity index (χ2n) is 3.35. The summed E-state index contributed by atoms with van der Waals surface area (Å²) in [5, 5.41) is 7.78. The third-order valence-electron chi connectivity index (χ3n) is 2.24. The number of hydrogen-bond acceptors (Lipinski definition) is 3. The molecule has 0 amide bonds. The van der Waals surface area contributed by atoms with E-state index in [9.17, 15) is 0 Å². The highest BCUT2D eigenvalue weighted by molar-refractivity contribution is 6.16. The highest BCUT2D eigenvalue weighted by atomic mass is 35.5. The SMILES string of the molecule is COCc1cccc(-n2cnnc2CCl)c1. The first-order valence-electron chi connectivity index (χ1n) is 4.88. The Hall–Kier alpha value is -1.39. The standard InChI is InChI=1S/C11H12ClN3O/c1-16-7-9-3-2-4-10(5-9)15-8-13-14-11(15)6-12/h2-5,8H,6-7H2,1H3. The molecule has 2 aromatic rings. The first kappa shape index (κ1) is 11.1. The molecule has 0 radical (unpaired) electrons. The predicted molar refractivity (Wildman–Crippen MR) is 61.6 cm³/mol. The molecular weight excluding hydrogens is 226 g/mol. The van der Waals surface area contributed by atoms with Gasteiger partial charge in [-0.25, -0.2) is 0 Å².